The smallest absolute Gasteiger partial charge is 0.196 e. The van der Waals surface area contributed by atoms with Gasteiger partial charge < -0.3 is 33.9 Å². The lowest BCUT2D eigenvalue weighted by molar-refractivity contribution is -0.0617. The van der Waals surface area contributed by atoms with Gasteiger partial charge in [0.05, 0.1) is 12.9 Å². The van der Waals surface area contributed by atoms with E-state index in [1.54, 1.807) is 36.4 Å². The van der Waals surface area contributed by atoms with Crippen molar-refractivity contribution in [2.24, 2.45) is 0 Å². The van der Waals surface area contributed by atoms with E-state index in [0.29, 0.717) is 13.2 Å². The fourth-order valence-corrected chi connectivity index (χ4v) is 3.61. The molecule has 0 fully saturated rings. The van der Waals surface area contributed by atoms with E-state index in [-0.39, 0.29) is 24.1 Å². The van der Waals surface area contributed by atoms with Gasteiger partial charge in [-0.1, -0.05) is 30.8 Å². The number of hydrogen-bond acceptors (Lipinski definition) is 7. The van der Waals surface area contributed by atoms with E-state index in [1.165, 1.54) is 6.26 Å². The summed E-state index contributed by atoms with van der Waals surface area (Å²) in [6.45, 7) is 14.9. The van der Waals surface area contributed by atoms with Crippen molar-refractivity contribution in [3.63, 3.8) is 0 Å². The van der Waals surface area contributed by atoms with Crippen molar-refractivity contribution in [1.82, 2.24) is 0 Å². The molecule has 0 saturated carbocycles. The number of fused-ring (bicyclic) bond motifs is 2. The van der Waals surface area contributed by atoms with Crippen molar-refractivity contribution in [2.45, 2.75) is 47.2 Å². The Hall–Kier alpha value is -3.94. The third-order valence-electron chi connectivity index (χ3n) is 5.28. The van der Waals surface area contributed by atoms with Crippen LogP contribution in [0.25, 0.3) is 21.5 Å². The van der Waals surface area contributed by atoms with Crippen LogP contribution in [-0.4, -0.2) is 42.6 Å². The van der Waals surface area contributed by atoms with Crippen molar-refractivity contribution >= 4 is 21.5 Å². The van der Waals surface area contributed by atoms with E-state index in [2.05, 4.69) is 11.3 Å². The average Bonchev–Trinajstić information content (AvgIpc) is 2.90. The molecule has 0 heterocycles. The minimum atomic E-state index is -0.253. The molecule has 7 heteroatoms. The summed E-state index contributed by atoms with van der Waals surface area (Å²) in [6, 6.07) is 22.0. The van der Waals surface area contributed by atoms with Gasteiger partial charge in [-0.05, 0) is 105 Å². The zero-order chi connectivity index (χ0) is 28.6. The van der Waals surface area contributed by atoms with Crippen LogP contribution in [0.1, 0.15) is 34.6 Å². The van der Waals surface area contributed by atoms with Crippen molar-refractivity contribution in [3.05, 3.63) is 85.6 Å². The van der Waals surface area contributed by atoms with Crippen molar-refractivity contribution < 1.29 is 33.9 Å². The zero-order valence-electron chi connectivity index (χ0n) is 23.4. The SMILES string of the molecule is C=COCC.CCOC(C)Oc1ccc2cc(OC(C)OCC)ccc2c1.Oc1ccc2cc(O)ccc2c1. The number of hydrogen-bond donors (Lipinski definition) is 2. The summed E-state index contributed by atoms with van der Waals surface area (Å²) in [5, 5.41) is 22.3. The molecule has 0 spiro atoms. The van der Waals surface area contributed by atoms with Gasteiger partial charge in [0.25, 0.3) is 0 Å². The third kappa shape index (κ3) is 11.1. The Labute approximate surface area is 231 Å². The third-order valence-corrected chi connectivity index (χ3v) is 5.28. The lowest BCUT2D eigenvalue weighted by atomic mass is 10.1. The quantitative estimate of drug-likeness (QED) is 0.158. The number of benzene rings is 4. The predicted octanol–water partition coefficient (Wildman–Crippen LogP) is 7.78. The summed E-state index contributed by atoms with van der Waals surface area (Å²) in [4.78, 5) is 0. The Morgan fingerprint density at radius 1 is 0.615 bits per heavy atom. The molecule has 2 atom stereocenters. The lowest BCUT2D eigenvalue weighted by Crippen LogP contribution is -2.16. The molecule has 0 radical (unpaired) electrons. The fourth-order valence-electron chi connectivity index (χ4n) is 3.61. The Morgan fingerprint density at radius 2 is 1.00 bits per heavy atom. The number of rotatable bonds is 10. The Morgan fingerprint density at radius 3 is 1.33 bits per heavy atom. The van der Waals surface area contributed by atoms with Gasteiger partial charge in [0.1, 0.15) is 23.0 Å². The van der Waals surface area contributed by atoms with Gasteiger partial charge in [-0.25, -0.2) is 0 Å². The lowest BCUT2D eigenvalue weighted by Gasteiger charge is -2.16. The predicted molar refractivity (Wildman–Crippen MR) is 156 cm³/mol. The monoisotopic (exact) mass is 536 g/mol. The molecule has 0 amide bonds. The molecule has 4 aromatic carbocycles. The molecule has 0 aliphatic carbocycles. The normalized spacial score (nSPS) is 11.8. The Bertz CT molecular complexity index is 1190. The maximum absolute atomic E-state index is 9.14. The molecule has 4 rings (SSSR count). The minimum absolute atomic E-state index is 0.244. The number of phenolic OH excluding ortho intramolecular Hbond substituents is 2. The van der Waals surface area contributed by atoms with Gasteiger partial charge in [0.15, 0.2) is 12.6 Å². The average molecular weight is 537 g/mol. The zero-order valence-corrected chi connectivity index (χ0v) is 23.4. The van der Waals surface area contributed by atoms with E-state index >= 15 is 0 Å². The van der Waals surface area contributed by atoms with E-state index in [1.807, 2.05) is 71.0 Å². The number of ether oxygens (including phenoxy) is 5. The summed E-state index contributed by atoms with van der Waals surface area (Å²) < 4.78 is 26.8. The first-order valence-electron chi connectivity index (χ1n) is 13.0. The molecule has 0 aliphatic rings. The highest BCUT2D eigenvalue weighted by molar-refractivity contribution is 5.85. The maximum atomic E-state index is 9.14. The highest BCUT2D eigenvalue weighted by atomic mass is 16.7. The highest BCUT2D eigenvalue weighted by Gasteiger charge is 2.06. The van der Waals surface area contributed by atoms with Crippen molar-refractivity contribution in [2.75, 3.05) is 19.8 Å². The summed E-state index contributed by atoms with van der Waals surface area (Å²) in [7, 11) is 0. The topological polar surface area (TPSA) is 86.6 Å². The van der Waals surface area contributed by atoms with Crippen LogP contribution in [0.5, 0.6) is 23.0 Å². The molecule has 210 valence electrons. The minimum Gasteiger partial charge on any atom is -0.508 e. The van der Waals surface area contributed by atoms with Crippen LogP contribution in [0.15, 0.2) is 85.6 Å². The second kappa shape index (κ2) is 16.8. The largest absolute Gasteiger partial charge is 0.508 e. The molecule has 0 aliphatic heterocycles. The van der Waals surface area contributed by atoms with Gasteiger partial charge in [0, 0.05) is 13.2 Å². The van der Waals surface area contributed by atoms with E-state index in [9.17, 15) is 0 Å². The fraction of sp³-hybridized carbons (Fsp3) is 0.312. The van der Waals surface area contributed by atoms with Gasteiger partial charge in [-0.3, -0.25) is 0 Å². The molecule has 0 aromatic heterocycles. The molecule has 2 N–H and O–H groups in total. The van der Waals surface area contributed by atoms with Gasteiger partial charge in [-0.2, -0.15) is 0 Å². The van der Waals surface area contributed by atoms with Crippen LogP contribution in [0, 0.1) is 0 Å². The second-order valence-electron chi connectivity index (χ2n) is 8.29. The van der Waals surface area contributed by atoms with Gasteiger partial charge in [-0.15, -0.1) is 0 Å². The molecular weight excluding hydrogens is 496 g/mol. The van der Waals surface area contributed by atoms with E-state index in [4.69, 9.17) is 29.2 Å². The first-order valence-corrected chi connectivity index (χ1v) is 13.0. The summed E-state index contributed by atoms with van der Waals surface area (Å²) in [5.74, 6) is 2.08. The number of phenols is 2. The molecule has 7 nitrogen and oxygen atoms in total. The van der Waals surface area contributed by atoms with Gasteiger partial charge >= 0.3 is 0 Å². The maximum Gasteiger partial charge on any atom is 0.196 e. The molecule has 39 heavy (non-hydrogen) atoms. The van der Waals surface area contributed by atoms with Crippen LogP contribution in [-0.2, 0) is 14.2 Å². The molecular formula is C32H40O7. The standard InChI is InChI=1S/C18H24O4.C10H8O2.C4H8O/c1-5-19-13(3)21-17-9-7-16-12-18(10-8-15(16)11-17)22-14(4)20-6-2;11-9-3-1-7-5-10(12)4-2-8(7)6-9;1-3-5-4-2/h7-14H,5-6H2,1-4H3;1-6,11-12H;3H,1,4H2,2H3. The number of aromatic hydroxyl groups is 2. The molecule has 0 bridgehead atoms. The van der Waals surface area contributed by atoms with Gasteiger partial charge in [0.2, 0.25) is 0 Å². The Balaban J connectivity index is 0.000000260. The Kier molecular flexibility index (Phi) is 13.5. The highest BCUT2D eigenvalue weighted by Crippen LogP contribution is 2.26. The first-order chi connectivity index (χ1) is 18.8. The second-order valence-corrected chi connectivity index (χ2v) is 8.29. The van der Waals surface area contributed by atoms with Crippen LogP contribution in [0.4, 0.5) is 0 Å². The molecule has 2 unspecified atom stereocenters. The molecule has 4 aromatic rings. The summed E-state index contributed by atoms with van der Waals surface area (Å²) in [6.07, 6.45) is 0.925. The van der Waals surface area contributed by atoms with Crippen molar-refractivity contribution in [1.29, 1.82) is 0 Å². The van der Waals surface area contributed by atoms with Crippen LogP contribution in [0.2, 0.25) is 0 Å². The van der Waals surface area contributed by atoms with Crippen LogP contribution < -0.4 is 9.47 Å². The first kappa shape index (κ1) is 31.3. The van der Waals surface area contributed by atoms with Crippen LogP contribution >= 0.6 is 0 Å². The van der Waals surface area contributed by atoms with E-state index < -0.39 is 0 Å². The van der Waals surface area contributed by atoms with Crippen molar-refractivity contribution in [3.8, 4) is 23.0 Å². The molecule has 0 saturated heterocycles. The summed E-state index contributed by atoms with van der Waals surface area (Å²) in [5.41, 5.74) is 0. The van der Waals surface area contributed by atoms with E-state index in [0.717, 1.165) is 39.7 Å². The summed E-state index contributed by atoms with van der Waals surface area (Å²) >= 11 is 0. The van der Waals surface area contributed by atoms with Crippen LogP contribution in [0.3, 0.4) is 0 Å².